The summed E-state index contributed by atoms with van der Waals surface area (Å²) in [6, 6.07) is 7.71. The number of piperazine rings is 1. The molecule has 15 heteroatoms. The number of benzene rings is 2. The van der Waals surface area contributed by atoms with Crippen molar-refractivity contribution in [3.63, 3.8) is 0 Å². The fraction of sp³-hybridized carbons (Fsp3) is 0.261. The van der Waals surface area contributed by atoms with Crippen LogP contribution >= 0.6 is 11.6 Å². The van der Waals surface area contributed by atoms with Crippen molar-refractivity contribution in [2.45, 2.75) is 12.4 Å². The minimum atomic E-state index is -5.04. The van der Waals surface area contributed by atoms with Crippen LogP contribution in [0.3, 0.4) is 0 Å². The van der Waals surface area contributed by atoms with Crippen molar-refractivity contribution < 1.29 is 31.1 Å². The second-order valence-corrected chi connectivity index (χ2v) is 8.86. The molecule has 38 heavy (non-hydrogen) atoms. The van der Waals surface area contributed by atoms with Crippen molar-refractivity contribution in [2.24, 2.45) is 0 Å². The van der Waals surface area contributed by atoms with Crippen LogP contribution < -0.4 is 4.90 Å². The van der Waals surface area contributed by atoms with Crippen molar-refractivity contribution in [1.29, 1.82) is 0 Å². The summed E-state index contributed by atoms with van der Waals surface area (Å²) in [6.45, 7) is 0.480. The molecular weight excluding hydrogens is 540 g/mol. The predicted octanol–water partition coefficient (Wildman–Crippen LogP) is 4.86. The van der Waals surface area contributed by atoms with Gasteiger partial charge in [0, 0.05) is 36.8 Å². The molecule has 0 aliphatic carbocycles. The van der Waals surface area contributed by atoms with Crippen LogP contribution in [0, 0.1) is 0 Å². The quantitative estimate of drug-likeness (QED) is 0.336. The van der Waals surface area contributed by atoms with Gasteiger partial charge in [0.05, 0.1) is 16.8 Å². The van der Waals surface area contributed by atoms with Gasteiger partial charge in [-0.15, -0.1) is 5.10 Å². The van der Waals surface area contributed by atoms with Crippen molar-refractivity contribution in [2.75, 3.05) is 31.1 Å². The summed E-state index contributed by atoms with van der Waals surface area (Å²) in [6.07, 6.45) is -8.76. The zero-order valence-electron chi connectivity index (χ0n) is 19.1. The number of hydrogen-bond donors (Lipinski definition) is 0. The van der Waals surface area contributed by atoms with E-state index in [1.165, 1.54) is 15.9 Å². The number of aromatic nitrogens is 5. The van der Waals surface area contributed by atoms with E-state index in [-0.39, 0.29) is 32.2 Å². The lowest BCUT2D eigenvalue weighted by molar-refractivity contribution is -0.143. The molecule has 0 saturated carbocycles. The summed E-state index contributed by atoms with van der Waals surface area (Å²) in [5, 5.41) is 8.86. The third kappa shape index (κ3) is 4.95. The number of alkyl halides is 6. The normalized spacial score (nSPS) is 14.8. The molecule has 1 saturated heterocycles. The first-order chi connectivity index (χ1) is 17.9. The van der Waals surface area contributed by atoms with E-state index in [0.717, 1.165) is 0 Å². The van der Waals surface area contributed by atoms with E-state index < -0.39 is 35.0 Å². The molecule has 1 aliphatic heterocycles. The van der Waals surface area contributed by atoms with Gasteiger partial charge in [0.1, 0.15) is 6.33 Å². The van der Waals surface area contributed by atoms with E-state index in [2.05, 4.69) is 20.3 Å². The molecule has 4 aromatic rings. The largest absolute Gasteiger partial charge is 0.416 e. The van der Waals surface area contributed by atoms with Gasteiger partial charge in [-0.2, -0.15) is 31.0 Å². The number of anilines is 1. The van der Waals surface area contributed by atoms with E-state index in [0.29, 0.717) is 39.8 Å². The zero-order chi connectivity index (χ0) is 27.2. The van der Waals surface area contributed by atoms with Crippen LogP contribution in [0.15, 0.2) is 48.8 Å². The van der Waals surface area contributed by atoms with E-state index in [9.17, 15) is 31.1 Å². The van der Waals surface area contributed by atoms with Crippen LogP contribution in [0.2, 0.25) is 5.02 Å². The van der Waals surface area contributed by atoms with Crippen molar-refractivity contribution in [1.82, 2.24) is 29.9 Å². The highest BCUT2D eigenvalue weighted by Crippen LogP contribution is 2.36. The minimum Gasteiger partial charge on any atom is -0.351 e. The molecule has 2 aromatic carbocycles. The fourth-order valence-electron chi connectivity index (χ4n) is 4.11. The number of carbonyl (C=O) groups excluding carboxylic acids is 1. The highest BCUT2D eigenvalue weighted by molar-refractivity contribution is 6.30. The molecule has 0 atom stereocenters. The van der Waals surface area contributed by atoms with Gasteiger partial charge in [0.25, 0.3) is 5.91 Å². The topological polar surface area (TPSA) is 80.0 Å². The van der Waals surface area contributed by atoms with Crippen LogP contribution in [0.25, 0.3) is 16.9 Å². The Balaban J connectivity index is 1.36. The Morgan fingerprint density at radius 1 is 0.842 bits per heavy atom. The maximum atomic E-state index is 13.2. The van der Waals surface area contributed by atoms with Crippen LogP contribution in [0.1, 0.15) is 21.5 Å². The zero-order valence-corrected chi connectivity index (χ0v) is 19.9. The highest BCUT2D eigenvalue weighted by Gasteiger charge is 2.38. The minimum absolute atomic E-state index is 0.00766. The second kappa shape index (κ2) is 9.42. The SMILES string of the molecule is O=C(c1cc(C(F)(F)F)cc(C(F)(F)F)c1)N1CCN(c2ncnc3c2nnn3-c2ccc(Cl)cc2)CC1. The molecule has 0 unspecified atom stereocenters. The maximum Gasteiger partial charge on any atom is 0.416 e. The van der Waals surface area contributed by atoms with E-state index >= 15 is 0 Å². The Morgan fingerprint density at radius 2 is 1.45 bits per heavy atom. The van der Waals surface area contributed by atoms with Crippen LogP contribution in [0.5, 0.6) is 0 Å². The summed E-state index contributed by atoms with van der Waals surface area (Å²) in [4.78, 5) is 24.4. The summed E-state index contributed by atoms with van der Waals surface area (Å²) in [7, 11) is 0. The standard InChI is InChI=1S/C23H16ClF6N7O/c24-16-1-3-17(4-2-16)37-20-18(33-34-37)19(31-12-32-20)35-5-7-36(8-6-35)21(38)13-9-14(22(25,26)27)11-15(10-13)23(28,29)30/h1-4,9-12H,5-8H2. The van der Waals surface area contributed by atoms with Gasteiger partial charge in [0.15, 0.2) is 17.0 Å². The third-order valence-electron chi connectivity index (χ3n) is 5.99. The lowest BCUT2D eigenvalue weighted by Gasteiger charge is -2.35. The molecule has 0 bridgehead atoms. The molecule has 1 amide bonds. The Kier molecular flexibility index (Phi) is 6.37. The van der Waals surface area contributed by atoms with E-state index in [4.69, 9.17) is 11.6 Å². The average molecular weight is 556 g/mol. The molecular formula is C23H16ClF6N7O. The van der Waals surface area contributed by atoms with E-state index in [1.807, 2.05) is 0 Å². The molecule has 5 rings (SSSR count). The molecule has 1 fully saturated rings. The summed E-state index contributed by atoms with van der Waals surface area (Å²) >= 11 is 5.94. The number of halogens is 7. The molecule has 8 nitrogen and oxygen atoms in total. The maximum absolute atomic E-state index is 13.2. The Labute approximate surface area is 215 Å². The molecule has 0 N–H and O–H groups in total. The Morgan fingerprint density at radius 3 is 2.03 bits per heavy atom. The monoisotopic (exact) mass is 555 g/mol. The number of nitrogens with zero attached hydrogens (tertiary/aromatic N) is 7. The van der Waals surface area contributed by atoms with Gasteiger partial charge in [-0.05, 0) is 42.5 Å². The fourth-order valence-corrected chi connectivity index (χ4v) is 4.23. The number of fused-ring (bicyclic) bond motifs is 1. The Hall–Kier alpha value is -3.94. The van der Waals surface area contributed by atoms with Crippen LogP contribution in [-0.2, 0) is 12.4 Å². The highest BCUT2D eigenvalue weighted by atomic mass is 35.5. The number of carbonyl (C=O) groups is 1. The van der Waals surface area contributed by atoms with Gasteiger partial charge >= 0.3 is 12.4 Å². The van der Waals surface area contributed by atoms with Crippen LogP contribution in [-0.4, -0.2) is 61.9 Å². The summed E-state index contributed by atoms with van der Waals surface area (Å²) in [5.41, 5.74) is -2.30. The number of amides is 1. The average Bonchev–Trinajstić information content (AvgIpc) is 3.32. The van der Waals surface area contributed by atoms with Crippen molar-refractivity contribution in [3.05, 3.63) is 70.5 Å². The molecule has 2 aromatic heterocycles. The van der Waals surface area contributed by atoms with Gasteiger partial charge in [0.2, 0.25) is 0 Å². The molecule has 3 heterocycles. The molecule has 0 radical (unpaired) electrons. The predicted molar refractivity (Wildman–Crippen MR) is 124 cm³/mol. The number of rotatable bonds is 3. The van der Waals surface area contributed by atoms with E-state index in [1.54, 1.807) is 29.2 Å². The lowest BCUT2D eigenvalue weighted by atomic mass is 10.0. The summed E-state index contributed by atoms with van der Waals surface area (Å²) < 4.78 is 80.7. The molecule has 0 spiro atoms. The third-order valence-corrected chi connectivity index (χ3v) is 6.24. The van der Waals surface area contributed by atoms with Gasteiger partial charge in [-0.1, -0.05) is 16.8 Å². The molecule has 1 aliphatic rings. The van der Waals surface area contributed by atoms with Gasteiger partial charge in [-0.3, -0.25) is 4.79 Å². The Bertz CT molecular complexity index is 1460. The van der Waals surface area contributed by atoms with Gasteiger partial charge < -0.3 is 9.80 Å². The second-order valence-electron chi connectivity index (χ2n) is 8.42. The first-order valence-corrected chi connectivity index (χ1v) is 11.5. The first kappa shape index (κ1) is 25.7. The number of hydrogen-bond acceptors (Lipinski definition) is 6. The van der Waals surface area contributed by atoms with Crippen LogP contribution in [0.4, 0.5) is 32.2 Å². The smallest absolute Gasteiger partial charge is 0.351 e. The van der Waals surface area contributed by atoms with Crippen molar-refractivity contribution >= 4 is 34.5 Å². The molecule has 198 valence electrons. The van der Waals surface area contributed by atoms with Crippen molar-refractivity contribution in [3.8, 4) is 5.69 Å². The summed E-state index contributed by atoms with van der Waals surface area (Å²) in [5.74, 6) is -0.497. The van der Waals surface area contributed by atoms with Gasteiger partial charge in [-0.25, -0.2) is 9.97 Å². The first-order valence-electron chi connectivity index (χ1n) is 11.1. The lowest BCUT2D eigenvalue weighted by Crippen LogP contribution is -2.49.